The fourth-order valence-corrected chi connectivity index (χ4v) is 1.34. The molecule has 3 heteroatoms. The largest absolute Gasteiger partial charge is 0.487 e. The van der Waals surface area contributed by atoms with Crippen LogP contribution in [0, 0.1) is 13.8 Å². The quantitative estimate of drug-likeness (QED) is 0.769. The molecule has 1 aromatic carbocycles. The van der Waals surface area contributed by atoms with Gasteiger partial charge in [-0.15, -0.1) is 0 Å². The van der Waals surface area contributed by atoms with Crippen molar-refractivity contribution < 1.29 is 9.15 Å². The minimum absolute atomic E-state index is 0.445. The molecule has 0 radical (unpaired) electrons. The Balaban J connectivity index is 1.99. The summed E-state index contributed by atoms with van der Waals surface area (Å²) in [7, 11) is 0. The summed E-state index contributed by atoms with van der Waals surface area (Å²) in [6, 6.07) is 7.93. The maximum absolute atomic E-state index is 5.56. The molecule has 0 aliphatic heterocycles. The average molecular weight is 203 g/mol. The van der Waals surface area contributed by atoms with E-state index in [9.17, 15) is 0 Å². The minimum Gasteiger partial charge on any atom is -0.487 e. The molecule has 0 fully saturated rings. The number of oxazole rings is 1. The molecule has 0 saturated carbocycles. The van der Waals surface area contributed by atoms with Crippen molar-refractivity contribution in [1.82, 2.24) is 4.98 Å². The van der Waals surface area contributed by atoms with Gasteiger partial charge in [-0.05, 0) is 24.6 Å². The monoisotopic (exact) mass is 203 g/mol. The number of rotatable bonds is 3. The number of aryl methyl sites for hydroxylation is 2. The molecule has 0 unspecified atom stereocenters. The van der Waals surface area contributed by atoms with Crippen molar-refractivity contribution in [3.05, 3.63) is 47.7 Å². The maximum atomic E-state index is 5.56. The van der Waals surface area contributed by atoms with Gasteiger partial charge in [0.15, 0.2) is 5.89 Å². The lowest BCUT2D eigenvalue weighted by molar-refractivity contribution is 0.301. The van der Waals surface area contributed by atoms with Gasteiger partial charge in [-0.2, -0.15) is 0 Å². The smallest absolute Gasteiger partial charge is 0.191 e. The normalized spacial score (nSPS) is 10.3. The summed E-state index contributed by atoms with van der Waals surface area (Å²) >= 11 is 0. The van der Waals surface area contributed by atoms with E-state index in [2.05, 4.69) is 4.98 Å². The van der Waals surface area contributed by atoms with Gasteiger partial charge in [0.1, 0.15) is 24.3 Å². The van der Waals surface area contributed by atoms with E-state index in [1.807, 2.05) is 38.1 Å². The van der Waals surface area contributed by atoms with Crippen molar-refractivity contribution in [3.8, 4) is 5.75 Å². The molecule has 0 saturated heterocycles. The first-order valence-corrected chi connectivity index (χ1v) is 4.84. The first-order valence-electron chi connectivity index (χ1n) is 4.84. The fourth-order valence-electron chi connectivity index (χ4n) is 1.34. The molecule has 0 spiro atoms. The van der Waals surface area contributed by atoms with Gasteiger partial charge in [-0.25, -0.2) is 4.98 Å². The van der Waals surface area contributed by atoms with Crippen molar-refractivity contribution >= 4 is 0 Å². The number of hydrogen-bond acceptors (Lipinski definition) is 3. The Morgan fingerprint density at radius 3 is 2.87 bits per heavy atom. The van der Waals surface area contributed by atoms with E-state index in [1.54, 1.807) is 6.26 Å². The second kappa shape index (κ2) is 4.17. The van der Waals surface area contributed by atoms with Crippen LogP contribution in [0.4, 0.5) is 0 Å². The highest BCUT2D eigenvalue weighted by atomic mass is 16.5. The summed E-state index contributed by atoms with van der Waals surface area (Å²) in [5.41, 5.74) is 2.00. The molecule has 0 aliphatic carbocycles. The first-order chi connectivity index (χ1) is 7.24. The van der Waals surface area contributed by atoms with E-state index in [0.29, 0.717) is 12.5 Å². The Labute approximate surface area is 88.7 Å². The average Bonchev–Trinajstić information content (AvgIpc) is 2.62. The Morgan fingerprint density at radius 2 is 2.20 bits per heavy atom. The van der Waals surface area contributed by atoms with Crippen molar-refractivity contribution in [1.29, 1.82) is 0 Å². The molecule has 2 aromatic rings. The molecule has 1 heterocycles. The van der Waals surface area contributed by atoms with E-state index >= 15 is 0 Å². The van der Waals surface area contributed by atoms with Crippen LogP contribution in [0.3, 0.4) is 0 Å². The lowest BCUT2D eigenvalue weighted by Gasteiger charge is -2.03. The van der Waals surface area contributed by atoms with Crippen LogP contribution in [-0.4, -0.2) is 4.98 Å². The van der Waals surface area contributed by atoms with Gasteiger partial charge in [0.25, 0.3) is 0 Å². The van der Waals surface area contributed by atoms with Crippen LogP contribution in [-0.2, 0) is 6.61 Å². The molecule has 0 N–H and O–H groups in total. The molecular weight excluding hydrogens is 190 g/mol. The Morgan fingerprint density at radius 1 is 1.33 bits per heavy atom. The number of aromatic nitrogens is 1. The molecule has 0 bridgehead atoms. The van der Waals surface area contributed by atoms with Crippen LogP contribution in [0.25, 0.3) is 0 Å². The number of benzene rings is 1. The zero-order valence-electron chi connectivity index (χ0n) is 8.86. The molecule has 15 heavy (non-hydrogen) atoms. The third-order valence-corrected chi connectivity index (χ3v) is 2.04. The first kappa shape index (κ1) is 9.77. The molecule has 78 valence electrons. The highest BCUT2D eigenvalue weighted by molar-refractivity contribution is 5.27. The zero-order valence-corrected chi connectivity index (χ0v) is 8.86. The Hall–Kier alpha value is -1.77. The van der Waals surface area contributed by atoms with Gasteiger partial charge < -0.3 is 9.15 Å². The summed E-state index contributed by atoms with van der Waals surface area (Å²) in [5, 5.41) is 0. The number of ether oxygens (including phenoxy) is 1. The van der Waals surface area contributed by atoms with Gasteiger partial charge >= 0.3 is 0 Å². The topological polar surface area (TPSA) is 35.3 Å². The molecule has 0 atom stereocenters. The lowest BCUT2D eigenvalue weighted by Crippen LogP contribution is -1.95. The second-order valence-electron chi connectivity index (χ2n) is 3.46. The second-order valence-corrected chi connectivity index (χ2v) is 3.46. The van der Waals surface area contributed by atoms with Crippen LogP contribution in [0.5, 0.6) is 5.75 Å². The summed E-state index contributed by atoms with van der Waals surface area (Å²) in [6.45, 7) is 4.30. The van der Waals surface area contributed by atoms with Crippen molar-refractivity contribution in [2.24, 2.45) is 0 Å². The van der Waals surface area contributed by atoms with Gasteiger partial charge in [0.05, 0.1) is 0 Å². The van der Waals surface area contributed by atoms with Crippen LogP contribution in [0.2, 0.25) is 0 Å². The molecule has 0 aliphatic rings. The summed E-state index contributed by atoms with van der Waals surface area (Å²) in [4.78, 5) is 4.16. The van der Waals surface area contributed by atoms with E-state index in [1.165, 1.54) is 5.56 Å². The minimum atomic E-state index is 0.445. The van der Waals surface area contributed by atoms with Crippen LogP contribution in [0.1, 0.15) is 17.1 Å². The molecule has 3 nitrogen and oxygen atoms in total. The van der Waals surface area contributed by atoms with E-state index < -0.39 is 0 Å². The predicted molar refractivity (Wildman–Crippen MR) is 56.8 cm³/mol. The molecule has 0 amide bonds. The molecule has 2 rings (SSSR count). The molecule has 1 aromatic heterocycles. The summed E-state index contributed by atoms with van der Waals surface area (Å²) in [5.74, 6) is 1.52. The van der Waals surface area contributed by atoms with E-state index in [0.717, 1.165) is 11.4 Å². The Bertz CT molecular complexity index is 448. The lowest BCUT2D eigenvalue weighted by atomic mass is 10.2. The zero-order chi connectivity index (χ0) is 10.7. The Kier molecular flexibility index (Phi) is 2.72. The van der Waals surface area contributed by atoms with Crippen molar-refractivity contribution in [3.63, 3.8) is 0 Å². The third-order valence-electron chi connectivity index (χ3n) is 2.04. The van der Waals surface area contributed by atoms with Crippen molar-refractivity contribution in [2.75, 3.05) is 0 Å². The summed E-state index contributed by atoms with van der Waals surface area (Å²) in [6.07, 6.45) is 1.62. The third kappa shape index (κ3) is 2.59. The highest BCUT2D eigenvalue weighted by Crippen LogP contribution is 2.14. The maximum Gasteiger partial charge on any atom is 0.191 e. The van der Waals surface area contributed by atoms with Gasteiger partial charge in [-0.3, -0.25) is 0 Å². The van der Waals surface area contributed by atoms with Crippen molar-refractivity contribution in [2.45, 2.75) is 20.5 Å². The SMILES string of the molecule is Cc1cccc(OCc2coc(C)n2)c1. The van der Waals surface area contributed by atoms with E-state index in [-0.39, 0.29) is 0 Å². The van der Waals surface area contributed by atoms with Crippen LogP contribution >= 0.6 is 0 Å². The number of hydrogen-bond donors (Lipinski definition) is 0. The summed E-state index contributed by atoms with van der Waals surface area (Å²) < 4.78 is 10.6. The number of nitrogens with zero attached hydrogens (tertiary/aromatic N) is 1. The predicted octanol–water partition coefficient (Wildman–Crippen LogP) is 2.87. The highest BCUT2D eigenvalue weighted by Gasteiger charge is 2.00. The molecular formula is C12H13NO2. The van der Waals surface area contributed by atoms with Gasteiger partial charge in [0, 0.05) is 6.92 Å². The van der Waals surface area contributed by atoms with Gasteiger partial charge in [0.2, 0.25) is 0 Å². The van der Waals surface area contributed by atoms with Crippen LogP contribution in [0.15, 0.2) is 34.9 Å². The standard InChI is InChI=1S/C12H13NO2/c1-9-4-3-5-12(6-9)15-8-11-7-14-10(2)13-11/h3-7H,8H2,1-2H3. The fraction of sp³-hybridized carbons (Fsp3) is 0.250. The van der Waals surface area contributed by atoms with E-state index in [4.69, 9.17) is 9.15 Å². The van der Waals surface area contributed by atoms with Gasteiger partial charge in [-0.1, -0.05) is 12.1 Å². The van der Waals surface area contributed by atoms with Crippen LogP contribution < -0.4 is 4.74 Å².